The predicted molar refractivity (Wildman–Crippen MR) is 60.1 cm³/mol. The summed E-state index contributed by atoms with van der Waals surface area (Å²) in [4.78, 5) is 14.7. The van der Waals surface area contributed by atoms with E-state index < -0.39 is 12.3 Å². The fourth-order valence-corrected chi connectivity index (χ4v) is 1.68. The van der Waals surface area contributed by atoms with Crippen molar-refractivity contribution in [2.45, 2.75) is 13.3 Å². The molecule has 0 bridgehead atoms. The molecular formula is C12H8F3NO3. The molecule has 0 unspecified atom stereocenters. The number of rotatable bonds is 2. The quantitative estimate of drug-likeness (QED) is 0.911. The number of ether oxygens (including phenoxy) is 1. The Morgan fingerprint density at radius 1 is 1.32 bits per heavy atom. The van der Waals surface area contributed by atoms with Crippen LogP contribution >= 0.6 is 0 Å². The molecule has 1 aromatic carbocycles. The van der Waals surface area contributed by atoms with Crippen LogP contribution in [0.5, 0.6) is 5.75 Å². The Morgan fingerprint density at radius 3 is 2.58 bits per heavy atom. The third-order valence-electron chi connectivity index (χ3n) is 2.44. The van der Waals surface area contributed by atoms with Gasteiger partial charge in [0.15, 0.2) is 0 Å². The fourth-order valence-electron chi connectivity index (χ4n) is 1.68. The molecule has 0 spiro atoms. The summed E-state index contributed by atoms with van der Waals surface area (Å²) in [6.07, 6.45) is -4.77. The Labute approximate surface area is 105 Å². The Kier molecular flexibility index (Phi) is 3.05. The zero-order valence-corrected chi connectivity index (χ0v) is 9.65. The average Bonchev–Trinajstić information content (AvgIpc) is 2.27. The van der Waals surface area contributed by atoms with Crippen LogP contribution in [-0.2, 0) is 0 Å². The topological polar surface area (TPSA) is 59.4 Å². The second-order valence-electron chi connectivity index (χ2n) is 3.86. The first-order valence-electron chi connectivity index (χ1n) is 5.17. The van der Waals surface area contributed by atoms with Crippen molar-refractivity contribution in [2.75, 3.05) is 0 Å². The number of benzene rings is 1. The lowest BCUT2D eigenvalue weighted by Crippen LogP contribution is -2.17. The van der Waals surface area contributed by atoms with E-state index in [1.165, 1.54) is 18.2 Å². The van der Waals surface area contributed by atoms with Crippen LogP contribution < -0.4 is 4.74 Å². The minimum atomic E-state index is -4.77. The molecule has 0 atom stereocenters. The van der Waals surface area contributed by atoms with Gasteiger partial charge in [-0.05, 0) is 36.8 Å². The van der Waals surface area contributed by atoms with Gasteiger partial charge in [-0.1, -0.05) is 0 Å². The van der Waals surface area contributed by atoms with Crippen molar-refractivity contribution < 1.29 is 27.8 Å². The van der Waals surface area contributed by atoms with E-state index in [4.69, 9.17) is 5.11 Å². The van der Waals surface area contributed by atoms with Crippen molar-refractivity contribution in [1.82, 2.24) is 4.98 Å². The minimum absolute atomic E-state index is 0.158. The molecular weight excluding hydrogens is 263 g/mol. The number of alkyl halides is 3. The Morgan fingerprint density at radius 2 is 2.00 bits per heavy atom. The van der Waals surface area contributed by atoms with Crippen LogP contribution in [0.15, 0.2) is 24.3 Å². The van der Waals surface area contributed by atoms with E-state index in [1.54, 1.807) is 6.92 Å². The molecule has 1 aromatic heterocycles. The van der Waals surface area contributed by atoms with Crippen molar-refractivity contribution in [3.63, 3.8) is 0 Å². The zero-order valence-electron chi connectivity index (χ0n) is 9.65. The average molecular weight is 271 g/mol. The number of halogens is 3. The first-order chi connectivity index (χ1) is 8.76. The molecule has 19 heavy (non-hydrogen) atoms. The molecule has 2 rings (SSSR count). The van der Waals surface area contributed by atoms with Crippen LogP contribution in [0, 0.1) is 6.92 Å². The van der Waals surface area contributed by atoms with Crippen molar-refractivity contribution >= 4 is 16.9 Å². The first-order valence-corrected chi connectivity index (χ1v) is 5.17. The number of pyridine rings is 1. The zero-order chi connectivity index (χ0) is 14.2. The number of aromatic nitrogens is 1. The van der Waals surface area contributed by atoms with Gasteiger partial charge in [0.25, 0.3) is 0 Å². The first kappa shape index (κ1) is 13.1. The molecule has 1 heterocycles. The molecule has 0 aliphatic carbocycles. The van der Waals surface area contributed by atoms with Crippen LogP contribution in [0.2, 0.25) is 0 Å². The number of hydrogen-bond acceptors (Lipinski definition) is 3. The highest BCUT2D eigenvalue weighted by atomic mass is 19.4. The number of carbonyl (C=O) groups is 1. The summed E-state index contributed by atoms with van der Waals surface area (Å²) in [7, 11) is 0. The van der Waals surface area contributed by atoms with Gasteiger partial charge < -0.3 is 9.84 Å². The molecule has 0 saturated heterocycles. The van der Waals surface area contributed by atoms with E-state index in [2.05, 4.69) is 9.72 Å². The highest BCUT2D eigenvalue weighted by molar-refractivity contribution is 5.91. The van der Waals surface area contributed by atoms with Gasteiger partial charge in [-0.25, -0.2) is 9.78 Å². The molecule has 0 aliphatic rings. The van der Waals surface area contributed by atoms with Crippen molar-refractivity contribution in [3.8, 4) is 5.75 Å². The molecule has 0 fully saturated rings. The van der Waals surface area contributed by atoms with Gasteiger partial charge in [-0.15, -0.1) is 13.2 Å². The fraction of sp³-hybridized carbons (Fsp3) is 0.167. The number of hydrogen-bond donors (Lipinski definition) is 1. The smallest absolute Gasteiger partial charge is 0.477 e. The Bertz CT molecular complexity index is 652. The van der Waals surface area contributed by atoms with Crippen LogP contribution in [0.25, 0.3) is 10.9 Å². The largest absolute Gasteiger partial charge is 0.573 e. The highest BCUT2D eigenvalue weighted by Crippen LogP contribution is 2.27. The second kappa shape index (κ2) is 4.42. The van der Waals surface area contributed by atoms with E-state index in [0.717, 1.165) is 6.07 Å². The molecule has 1 N–H and O–H groups in total. The summed E-state index contributed by atoms with van der Waals surface area (Å²) in [5, 5.41) is 9.25. The van der Waals surface area contributed by atoms with Gasteiger partial charge in [-0.3, -0.25) is 0 Å². The molecule has 2 aromatic rings. The summed E-state index contributed by atoms with van der Waals surface area (Å²) in [6, 6.07) is 4.85. The Hall–Kier alpha value is -2.31. The maximum absolute atomic E-state index is 12.1. The third-order valence-corrected chi connectivity index (χ3v) is 2.44. The van der Waals surface area contributed by atoms with Crippen LogP contribution in [0.4, 0.5) is 13.2 Å². The standard InChI is InChI=1S/C12H8F3NO3/c1-6-4-10(11(17)18)16-9-3-2-7(5-8(6)9)19-12(13,14)15/h2-5H,1H3,(H,17,18). The molecule has 0 amide bonds. The number of aryl methyl sites for hydroxylation is 1. The maximum Gasteiger partial charge on any atom is 0.573 e. The van der Waals surface area contributed by atoms with E-state index in [9.17, 15) is 18.0 Å². The molecule has 4 nitrogen and oxygen atoms in total. The maximum atomic E-state index is 12.1. The summed E-state index contributed by atoms with van der Waals surface area (Å²) in [5.41, 5.74) is 0.649. The monoisotopic (exact) mass is 271 g/mol. The van der Waals surface area contributed by atoms with E-state index in [1.807, 2.05) is 0 Å². The van der Waals surface area contributed by atoms with E-state index >= 15 is 0 Å². The van der Waals surface area contributed by atoms with E-state index in [-0.39, 0.29) is 11.4 Å². The molecule has 0 radical (unpaired) electrons. The van der Waals surface area contributed by atoms with Crippen LogP contribution in [0.1, 0.15) is 16.1 Å². The van der Waals surface area contributed by atoms with Gasteiger partial charge in [0.1, 0.15) is 11.4 Å². The van der Waals surface area contributed by atoms with Crippen molar-refractivity contribution in [1.29, 1.82) is 0 Å². The van der Waals surface area contributed by atoms with Gasteiger partial charge in [-0.2, -0.15) is 0 Å². The van der Waals surface area contributed by atoms with E-state index in [0.29, 0.717) is 16.5 Å². The molecule has 100 valence electrons. The molecule has 0 aliphatic heterocycles. The normalized spacial score (nSPS) is 11.6. The lowest BCUT2D eigenvalue weighted by molar-refractivity contribution is -0.274. The third kappa shape index (κ3) is 2.93. The SMILES string of the molecule is Cc1cc(C(=O)O)nc2ccc(OC(F)(F)F)cc12. The van der Waals surface area contributed by atoms with Crippen LogP contribution in [0.3, 0.4) is 0 Å². The Balaban J connectivity index is 2.52. The summed E-state index contributed by atoms with van der Waals surface area (Å²) in [5.74, 6) is -1.56. The predicted octanol–water partition coefficient (Wildman–Crippen LogP) is 3.14. The van der Waals surface area contributed by atoms with Crippen molar-refractivity contribution in [3.05, 3.63) is 35.5 Å². The number of carboxylic acids is 1. The highest BCUT2D eigenvalue weighted by Gasteiger charge is 2.31. The summed E-state index contributed by atoms with van der Waals surface area (Å²) < 4.78 is 40.1. The number of aromatic carboxylic acids is 1. The lowest BCUT2D eigenvalue weighted by atomic mass is 10.1. The van der Waals surface area contributed by atoms with Gasteiger partial charge >= 0.3 is 12.3 Å². The van der Waals surface area contributed by atoms with Gasteiger partial charge in [0, 0.05) is 5.39 Å². The van der Waals surface area contributed by atoms with Crippen LogP contribution in [-0.4, -0.2) is 22.4 Å². The summed E-state index contributed by atoms with van der Waals surface area (Å²) in [6.45, 7) is 1.59. The second-order valence-corrected chi connectivity index (χ2v) is 3.86. The molecule has 0 saturated carbocycles. The summed E-state index contributed by atoms with van der Waals surface area (Å²) >= 11 is 0. The number of nitrogens with zero attached hydrogens (tertiary/aromatic N) is 1. The van der Waals surface area contributed by atoms with Gasteiger partial charge in [0.2, 0.25) is 0 Å². The van der Waals surface area contributed by atoms with Gasteiger partial charge in [0.05, 0.1) is 5.52 Å². The number of fused-ring (bicyclic) bond motifs is 1. The van der Waals surface area contributed by atoms with Crippen molar-refractivity contribution in [2.24, 2.45) is 0 Å². The lowest BCUT2D eigenvalue weighted by Gasteiger charge is -2.10. The molecule has 7 heteroatoms. The number of carboxylic acid groups (broad SMARTS) is 1. The minimum Gasteiger partial charge on any atom is -0.477 e.